The number of nitrogens with zero attached hydrogens (tertiary/aromatic N) is 4. The molecule has 2 fully saturated rings. The fourth-order valence-corrected chi connectivity index (χ4v) is 5.21. The minimum Gasteiger partial charge on any atom is -0.455 e. The molecule has 0 atom stereocenters. The summed E-state index contributed by atoms with van der Waals surface area (Å²) in [4.78, 5) is 40.0. The molecule has 0 radical (unpaired) electrons. The number of ether oxygens (including phenoxy) is 1. The van der Waals surface area contributed by atoms with Crippen LogP contribution >= 0.6 is 11.3 Å². The first-order chi connectivity index (χ1) is 14.0. The smallest absolute Gasteiger partial charge is 0.309 e. The third-order valence-corrected chi connectivity index (χ3v) is 7.24. The highest BCUT2D eigenvalue weighted by atomic mass is 32.1. The Morgan fingerprint density at radius 1 is 1.10 bits per heavy atom. The zero-order chi connectivity index (χ0) is 20.4. The van der Waals surface area contributed by atoms with Crippen LogP contribution in [0.15, 0.2) is 6.33 Å². The first-order valence-corrected chi connectivity index (χ1v) is 11.3. The summed E-state index contributed by atoms with van der Waals surface area (Å²) >= 11 is 1.70. The van der Waals surface area contributed by atoms with Gasteiger partial charge in [-0.3, -0.25) is 9.59 Å². The second-order valence-corrected chi connectivity index (χ2v) is 9.17. The molecule has 0 bridgehead atoms. The maximum absolute atomic E-state index is 12.5. The number of rotatable bonds is 4. The van der Waals surface area contributed by atoms with Gasteiger partial charge in [-0.25, -0.2) is 9.97 Å². The molecule has 0 aliphatic carbocycles. The lowest BCUT2D eigenvalue weighted by Gasteiger charge is -2.32. The van der Waals surface area contributed by atoms with Crippen LogP contribution in [0.4, 0.5) is 5.82 Å². The average Bonchev–Trinajstić information content (AvgIpc) is 3.06. The third kappa shape index (κ3) is 4.22. The van der Waals surface area contributed by atoms with E-state index in [2.05, 4.69) is 28.7 Å². The molecular formula is C21H28N4O3S. The van der Waals surface area contributed by atoms with Crippen LogP contribution in [0.3, 0.4) is 0 Å². The number of likely N-dealkylation sites (tertiary alicyclic amines) is 1. The van der Waals surface area contributed by atoms with Gasteiger partial charge in [-0.2, -0.15) is 0 Å². The predicted molar refractivity (Wildman–Crippen MR) is 113 cm³/mol. The van der Waals surface area contributed by atoms with Crippen molar-refractivity contribution < 1.29 is 14.3 Å². The number of carbonyl (C=O) groups excluding carboxylic acids is 2. The molecule has 4 rings (SSSR count). The molecule has 2 aromatic heterocycles. The number of piperidine rings is 2. The molecule has 156 valence electrons. The van der Waals surface area contributed by atoms with Gasteiger partial charge in [-0.05, 0) is 51.5 Å². The van der Waals surface area contributed by atoms with Crippen molar-refractivity contribution >= 4 is 39.2 Å². The number of esters is 1. The second kappa shape index (κ2) is 8.65. The van der Waals surface area contributed by atoms with Gasteiger partial charge in [-0.1, -0.05) is 0 Å². The topological polar surface area (TPSA) is 75.6 Å². The lowest BCUT2D eigenvalue weighted by atomic mass is 9.97. The van der Waals surface area contributed by atoms with E-state index in [0.29, 0.717) is 12.8 Å². The first kappa shape index (κ1) is 20.1. The largest absolute Gasteiger partial charge is 0.455 e. The lowest BCUT2D eigenvalue weighted by Crippen LogP contribution is -2.40. The van der Waals surface area contributed by atoms with Gasteiger partial charge < -0.3 is 14.5 Å². The number of amides is 1. The Morgan fingerprint density at radius 2 is 1.83 bits per heavy atom. The van der Waals surface area contributed by atoms with E-state index in [1.807, 2.05) is 4.90 Å². The maximum Gasteiger partial charge on any atom is 0.309 e. The number of thiophene rings is 1. The summed E-state index contributed by atoms with van der Waals surface area (Å²) in [5, 5.41) is 1.13. The van der Waals surface area contributed by atoms with Crippen molar-refractivity contribution in [2.45, 2.75) is 46.0 Å². The Labute approximate surface area is 175 Å². The van der Waals surface area contributed by atoms with Gasteiger partial charge in [0.1, 0.15) is 17.0 Å². The van der Waals surface area contributed by atoms with Gasteiger partial charge >= 0.3 is 5.97 Å². The number of aryl methyl sites for hydroxylation is 2. The SMILES string of the molecule is Cc1sc2ncnc(N3CCC(C(=O)OCC(=O)N4CCCCC4)CC3)c2c1C. The van der Waals surface area contributed by atoms with Crippen LogP contribution in [0.25, 0.3) is 10.2 Å². The number of fused-ring (bicyclic) bond motifs is 1. The second-order valence-electron chi connectivity index (χ2n) is 7.97. The molecule has 2 aliphatic rings. The zero-order valence-corrected chi connectivity index (χ0v) is 18.0. The molecule has 7 nitrogen and oxygen atoms in total. The van der Waals surface area contributed by atoms with Crippen LogP contribution < -0.4 is 4.90 Å². The van der Waals surface area contributed by atoms with E-state index in [9.17, 15) is 9.59 Å². The van der Waals surface area contributed by atoms with E-state index < -0.39 is 0 Å². The van der Waals surface area contributed by atoms with Gasteiger partial charge in [-0.15, -0.1) is 11.3 Å². The predicted octanol–water partition coefficient (Wildman–Crippen LogP) is 3.08. The fourth-order valence-electron chi connectivity index (χ4n) is 4.22. The van der Waals surface area contributed by atoms with Crippen molar-refractivity contribution in [1.29, 1.82) is 0 Å². The molecule has 8 heteroatoms. The van der Waals surface area contributed by atoms with Crippen molar-refractivity contribution in [2.75, 3.05) is 37.7 Å². The minimum absolute atomic E-state index is 0.0674. The molecule has 2 aliphatic heterocycles. The monoisotopic (exact) mass is 416 g/mol. The maximum atomic E-state index is 12.5. The summed E-state index contributed by atoms with van der Waals surface area (Å²) in [5.74, 6) is 0.500. The summed E-state index contributed by atoms with van der Waals surface area (Å²) in [6, 6.07) is 0. The van der Waals surface area contributed by atoms with E-state index in [4.69, 9.17) is 4.74 Å². The van der Waals surface area contributed by atoms with Gasteiger partial charge in [0.05, 0.1) is 11.3 Å². The average molecular weight is 417 g/mol. The quantitative estimate of drug-likeness (QED) is 0.713. The van der Waals surface area contributed by atoms with Crippen LogP contribution in [-0.2, 0) is 14.3 Å². The highest BCUT2D eigenvalue weighted by Gasteiger charge is 2.29. The Balaban J connectivity index is 1.32. The van der Waals surface area contributed by atoms with Crippen molar-refractivity contribution in [3.63, 3.8) is 0 Å². The molecule has 0 aromatic carbocycles. The molecular weight excluding hydrogens is 388 g/mol. The van der Waals surface area contributed by atoms with Gasteiger partial charge in [0.15, 0.2) is 6.61 Å². The zero-order valence-electron chi connectivity index (χ0n) is 17.1. The third-order valence-electron chi connectivity index (χ3n) is 6.12. The van der Waals surface area contributed by atoms with Crippen molar-refractivity contribution in [3.05, 3.63) is 16.8 Å². The summed E-state index contributed by atoms with van der Waals surface area (Å²) in [6.07, 6.45) is 6.30. The molecule has 0 spiro atoms. The normalized spacial score (nSPS) is 18.3. The van der Waals surface area contributed by atoms with Gasteiger partial charge in [0.2, 0.25) is 0 Å². The standard InChI is InChI=1S/C21H28N4O3S/c1-14-15(2)29-20-18(14)19(22-13-23-20)25-10-6-16(7-11-25)21(27)28-12-17(26)24-8-4-3-5-9-24/h13,16H,3-12H2,1-2H3. The molecule has 0 unspecified atom stereocenters. The van der Waals surface area contributed by atoms with E-state index in [-0.39, 0.29) is 24.4 Å². The van der Waals surface area contributed by atoms with Gasteiger partial charge in [0, 0.05) is 31.1 Å². The number of anilines is 1. The Morgan fingerprint density at radius 3 is 2.55 bits per heavy atom. The number of carbonyl (C=O) groups is 2. The van der Waals surface area contributed by atoms with E-state index in [1.165, 1.54) is 16.9 Å². The van der Waals surface area contributed by atoms with Crippen LogP contribution in [0.2, 0.25) is 0 Å². The van der Waals surface area contributed by atoms with Crippen molar-refractivity contribution in [3.8, 4) is 0 Å². The molecule has 2 aromatic rings. The first-order valence-electron chi connectivity index (χ1n) is 10.4. The summed E-state index contributed by atoms with van der Waals surface area (Å²) < 4.78 is 5.36. The van der Waals surface area contributed by atoms with E-state index >= 15 is 0 Å². The van der Waals surface area contributed by atoms with Crippen LogP contribution in [0.5, 0.6) is 0 Å². The minimum atomic E-state index is -0.245. The van der Waals surface area contributed by atoms with E-state index in [1.54, 1.807) is 17.7 Å². The molecule has 2 saturated heterocycles. The highest BCUT2D eigenvalue weighted by Crippen LogP contribution is 2.35. The molecule has 4 heterocycles. The number of hydrogen-bond acceptors (Lipinski definition) is 7. The van der Waals surface area contributed by atoms with Crippen LogP contribution in [0.1, 0.15) is 42.5 Å². The number of aromatic nitrogens is 2. The number of hydrogen-bond donors (Lipinski definition) is 0. The Bertz CT molecular complexity index is 899. The molecule has 0 saturated carbocycles. The molecule has 29 heavy (non-hydrogen) atoms. The molecule has 1 amide bonds. The van der Waals surface area contributed by atoms with Crippen molar-refractivity contribution in [1.82, 2.24) is 14.9 Å². The van der Waals surface area contributed by atoms with Crippen LogP contribution in [-0.4, -0.2) is 59.5 Å². The summed E-state index contributed by atoms with van der Waals surface area (Å²) in [5.41, 5.74) is 1.23. The Hall–Kier alpha value is -2.22. The Kier molecular flexibility index (Phi) is 5.99. The fraction of sp³-hybridized carbons (Fsp3) is 0.619. The van der Waals surface area contributed by atoms with Gasteiger partial charge in [0.25, 0.3) is 5.91 Å². The van der Waals surface area contributed by atoms with E-state index in [0.717, 1.165) is 55.1 Å². The molecule has 0 N–H and O–H groups in total. The van der Waals surface area contributed by atoms with Crippen LogP contribution in [0, 0.1) is 19.8 Å². The summed E-state index contributed by atoms with van der Waals surface area (Å²) in [7, 11) is 0. The summed E-state index contributed by atoms with van der Waals surface area (Å²) in [6.45, 7) is 7.16. The highest BCUT2D eigenvalue weighted by molar-refractivity contribution is 7.18. The lowest BCUT2D eigenvalue weighted by molar-refractivity contribution is -0.156. The van der Waals surface area contributed by atoms with Crippen molar-refractivity contribution in [2.24, 2.45) is 5.92 Å².